The minimum atomic E-state index is -4.54. The lowest BCUT2D eigenvalue weighted by atomic mass is 9.80. The first-order chi connectivity index (χ1) is 8.31. The minimum absolute atomic E-state index is 0. The van der Waals surface area contributed by atoms with E-state index in [0.29, 0.717) is 0 Å². The van der Waals surface area contributed by atoms with Crippen molar-refractivity contribution in [3.63, 3.8) is 0 Å². The second-order valence-corrected chi connectivity index (χ2v) is 7.96. The van der Waals surface area contributed by atoms with Gasteiger partial charge >= 0.3 is 77.0 Å². The van der Waals surface area contributed by atoms with Gasteiger partial charge in [0.25, 0.3) is 0 Å². The highest BCUT2D eigenvalue weighted by molar-refractivity contribution is 7.46. The zero-order valence-electron chi connectivity index (χ0n) is 12.4. The van der Waals surface area contributed by atoms with Crippen LogP contribution in [0.4, 0.5) is 0 Å². The summed E-state index contributed by atoms with van der Waals surface area (Å²) in [5.41, 5.74) is 1.62. The minimum Gasteiger partial charge on any atom is -0.404 e. The van der Waals surface area contributed by atoms with E-state index < -0.39 is 7.82 Å². The van der Waals surface area contributed by atoms with Crippen molar-refractivity contribution in [1.82, 2.24) is 0 Å². The molecule has 1 aromatic carbocycles. The average molecular weight is 365 g/mol. The van der Waals surface area contributed by atoms with Crippen molar-refractivity contribution < 1.29 is 18.9 Å². The third-order valence-electron chi connectivity index (χ3n) is 2.87. The van der Waals surface area contributed by atoms with Crippen molar-refractivity contribution in [2.24, 2.45) is 0 Å². The molecule has 0 atom stereocenters. The van der Waals surface area contributed by atoms with E-state index in [0.717, 1.165) is 11.1 Å². The van der Waals surface area contributed by atoms with Gasteiger partial charge in [-0.3, -0.25) is 9.79 Å². The first-order valence-corrected chi connectivity index (χ1v) is 7.74. The van der Waals surface area contributed by atoms with E-state index in [2.05, 4.69) is 20.8 Å². The van der Waals surface area contributed by atoms with Crippen LogP contribution in [0.3, 0.4) is 0 Å². The Morgan fingerprint density at radius 3 is 1.68 bits per heavy atom. The highest BCUT2D eigenvalue weighted by Gasteiger charge is 2.26. The Morgan fingerprint density at radius 1 is 0.909 bits per heavy atom. The fourth-order valence-electron chi connectivity index (χ4n) is 1.79. The quantitative estimate of drug-likeness (QED) is 0.606. The van der Waals surface area contributed by atoms with Crippen LogP contribution in [0, 0.1) is 0 Å². The van der Waals surface area contributed by atoms with Crippen molar-refractivity contribution in [2.75, 3.05) is 0 Å². The number of hydrogen-bond acceptors (Lipinski definition) is 2. The van der Waals surface area contributed by atoms with Crippen LogP contribution in [0.5, 0.6) is 5.75 Å². The van der Waals surface area contributed by atoms with Gasteiger partial charge in [-0.05, 0) is 22.5 Å². The molecule has 0 aliphatic rings. The first kappa shape index (κ1) is 28.3. The van der Waals surface area contributed by atoms with Crippen molar-refractivity contribution >= 4 is 77.0 Å². The van der Waals surface area contributed by atoms with Crippen molar-refractivity contribution in [3.8, 4) is 5.75 Å². The molecule has 1 aromatic rings. The highest BCUT2D eigenvalue weighted by atomic mass is 31.2. The van der Waals surface area contributed by atoms with E-state index >= 15 is 0 Å². The maximum Gasteiger partial charge on any atom is 0.524 e. The molecule has 0 saturated carbocycles. The van der Waals surface area contributed by atoms with Crippen LogP contribution in [0.15, 0.2) is 18.2 Å². The topological polar surface area (TPSA) is 66.8 Å². The predicted molar refractivity (Wildman–Crippen MR) is 102 cm³/mol. The van der Waals surface area contributed by atoms with E-state index in [9.17, 15) is 4.57 Å². The number of benzene rings is 1. The molecule has 0 heterocycles. The lowest BCUT2D eigenvalue weighted by molar-refractivity contribution is 0.281. The summed E-state index contributed by atoms with van der Waals surface area (Å²) in [6.07, 6.45) is 0. The van der Waals surface area contributed by atoms with Gasteiger partial charge in [0.1, 0.15) is 5.75 Å². The van der Waals surface area contributed by atoms with Crippen LogP contribution >= 0.6 is 7.82 Å². The summed E-state index contributed by atoms with van der Waals surface area (Å²) in [5.74, 6) is 0.244. The van der Waals surface area contributed by atoms with Gasteiger partial charge in [-0.1, -0.05) is 53.7 Å². The molecule has 0 unspecified atom stereocenters. The summed E-state index contributed by atoms with van der Waals surface area (Å²) < 4.78 is 15.8. The van der Waals surface area contributed by atoms with Gasteiger partial charge in [0.05, 0.1) is 0 Å². The smallest absolute Gasteiger partial charge is 0.404 e. The van der Waals surface area contributed by atoms with Gasteiger partial charge < -0.3 is 4.52 Å². The molecule has 0 radical (unpaired) electrons. The number of rotatable bonds is 2. The number of phosphoric acid groups is 1. The molecule has 22 heavy (non-hydrogen) atoms. The van der Waals surface area contributed by atoms with Crippen LogP contribution in [-0.4, -0.2) is 78.9 Å². The number of phosphoric ester groups is 1. The van der Waals surface area contributed by atoms with Gasteiger partial charge in [0.2, 0.25) is 0 Å². The van der Waals surface area contributed by atoms with E-state index in [-0.39, 0.29) is 85.7 Å². The largest absolute Gasteiger partial charge is 0.524 e. The van der Waals surface area contributed by atoms with Gasteiger partial charge in [0.15, 0.2) is 0 Å². The van der Waals surface area contributed by atoms with Crippen LogP contribution in [0.2, 0.25) is 0 Å². The fraction of sp³-hybridized carbons (Fsp3) is 0.571. The van der Waals surface area contributed by atoms with Crippen molar-refractivity contribution in [1.29, 1.82) is 0 Å². The molecular formula is C14H29Mg3O4P. The summed E-state index contributed by atoms with van der Waals surface area (Å²) in [5, 5.41) is 0. The third-order valence-corrected chi connectivity index (χ3v) is 3.31. The zero-order chi connectivity index (χ0) is 15.1. The monoisotopic (exact) mass is 364 g/mol. The summed E-state index contributed by atoms with van der Waals surface area (Å²) in [6, 6.07) is 5.45. The molecular weight excluding hydrogens is 336 g/mol. The van der Waals surface area contributed by atoms with E-state index in [1.807, 2.05) is 32.9 Å². The molecule has 120 valence electrons. The van der Waals surface area contributed by atoms with E-state index in [1.54, 1.807) is 6.07 Å². The van der Waals surface area contributed by atoms with Gasteiger partial charge in [-0.25, -0.2) is 4.57 Å². The Labute approximate surface area is 181 Å². The molecule has 0 saturated heterocycles. The lowest BCUT2D eigenvalue weighted by Crippen LogP contribution is -2.17. The Balaban J connectivity index is -0.00000120. The van der Waals surface area contributed by atoms with E-state index in [4.69, 9.17) is 14.3 Å². The summed E-state index contributed by atoms with van der Waals surface area (Å²) in [7, 11) is -4.54. The summed E-state index contributed by atoms with van der Waals surface area (Å²) in [6.45, 7) is 12.2. The first-order valence-electron chi connectivity index (χ1n) is 6.21. The van der Waals surface area contributed by atoms with Gasteiger partial charge in [-0.2, -0.15) is 0 Å². The van der Waals surface area contributed by atoms with Crippen LogP contribution in [-0.2, 0) is 15.4 Å². The normalized spacial score (nSPS) is 11.6. The predicted octanol–water partition coefficient (Wildman–Crippen LogP) is 1.00. The molecule has 0 amide bonds. The molecule has 0 aliphatic carbocycles. The second-order valence-electron chi connectivity index (χ2n) is 6.79. The maximum atomic E-state index is 11.0. The van der Waals surface area contributed by atoms with Crippen molar-refractivity contribution in [2.45, 2.75) is 52.4 Å². The Kier molecular flexibility index (Phi) is 12.6. The third kappa shape index (κ3) is 9.08. The van der Waals surface area contributed by atoms with Crippen LogP contribution in [0.25, 0.3) is 0 Å². The maximum absolute atomic E-state index is 11.0. The zero-order valence-corrected chi connectivity index (χ0v) is 13.3. The van der Waals surface area contributed by atoms with Crippen LogP contribution < -0.4 is 4.52 Å². The van der Waals surface area contributed by atoms with E-state index in [1.165, 1.54) is 0 Å². The standard InChI is InChI=1S/C14H23O4P.3Mg.6H/c1-13(2,3)10-7-8-12(18-19(15,16)17)11(9-10)14(4,5)6;;;;;;;;;/h7-9H,1-6H3,(H2,15,16,17);;;;;;;;;. The Hall–Kier alpha value is 1.47. The molecule has 0 fully saturated rings. The van der Waals surface area contributed by atoms with Gasteiger partial charge in [0, 0.05) is 5.56 Å². The molecule has 0 spiro atoms. The fourth-order valence-corrected chi connectivity index (χ4v) is 2.21. The van der Waals surface area contributed by atoms with Crippen LogP contribution in [0.1, 0.15) is 52.7 Å². The average Bonchev–Trinajstić information content (AvgIpc) is 2.11. The Morgan fingerprint density at radius 2 is 1.36 bits per heavy atom. The van der Waals surface area contributed by atoms with Gasteiger partial charge in [-0.15, -0.1) is 0 Å². The highest BCUT2D eigenvalue weighted by Crippen LogP contribution is 2.43. The molecule has 0 aliphatic heterocycles. The molecule has 4 nitrogen and oxygen atoms in total. The second kappa shape index (κ2) is 9.82. The molecule has 2 N–H and O–H groups in total. The molecule has 8 heteroatoms. The SMILES string of the molecule is CC(C)(C)c1ccc(OP(=O)(O)O)c(C(C)(C)C)c1.[MgH2].[MgH2].[MgH2]. The summed E-state index contributed by atoms with van der Waals surface area (Å²) >= 11 is 0. The summed E-state index contributed by atoms with van der Waals surface area (Å²) in [4.78, 5) is 18.0. The Bertz CT molecular complexity index is 516. The molecule has 1 rings (SSSR count). The molecule has 0 aromatic heterocycles. The van der Waals surface area contributed by atoms with Crippen molar-refractivity contribution in [3.05, 3.63) is 29.3 Å². The number of hydrogen-bond donors (Lipinski definition) is 2. The lowest BCUT2D eigenvalue weighted by Gasteiger charge is -2.27. The molecule has 0 bridgehead atoms.